The molecule has 0 amide bonds. The van der Waals surface area contributed by atoms with E-state index >= 15 is 0 Å². The van der Waals surface area contributed by atoms with Crippen molar-refractivity contribution in [3.8, 4) is 0 Å². The Hall–Kier alpha value is -0.610. The lowest BCUT2D eigenvalue weighted by Crippen LogP contribution is -2.21. The smallest absolute Gasteiger partial charge is 0.304 e. The minimum Gasteiger partial charge on any atom is -0.315 e. The Bertz CT molecular complexity index is 332. The minimum atomic E-state index is 0.0476. The molecule has 1 atom stereocenters. The molecule has 1 unspecified atom stereocenters. The van der Waals surface area contributed by atoms with E-state index in [-0.39, 0.29) is 4.87 Å². The van der Waals surface area contributed by atoms with Crippen molar-refractivity contribution in [2.24, 2.45) is 0 Å². The normalized spacial score (nSPS) is 12.9. The summed E-state index contributed by atoms with van der Waals surface area (Å²) in [6, 6.07) is 0.320. The zero-order valence-corrected chi connectivity index (χ0v) is 11.0. The first-order valence-electron chi connectivity index (χ1n) is 6.19. The maximum atomic E-state index is 11.1. The molecule has 0 fully saturated rings. The lowest BCUT2D eigenvalue weighted by Gasteiger charge is -2.15. The molecule has 0 aliphatic heterocycles. The van der Waals surface area contributed by atoms with E-state index in [9.17, 15) is 4.79 Å². The monoisotopic (exact) mass is 242 g/mol. The molecule has 16 heavy (non-hydrogen) atoms. The highest BCUT2D eigenvalue weighted by atomic mass is 32.1. The molecule has 0 spiro atoms. The zero-order valence-electron chi connectivity index (χ0n) is 10.2. The van der Waals surface area contributed by atoms with Crippen LogP contribution in [-0.2, 0) is 0 Å². The summed E-state index contributed by atoms with van der Waals surface area (Å²) in [4.78, 5) is 14.1. The van der Waals surface area contributed by atoms with Crippen molar-refractivity contribution in [3.63, 3.8) is 0 Å². The summed E-state index contributed by atoms with van der Waals surface area (Å²) in [6.07, 6.45) is 6.19. The van der Waals surface area contributed by atoms with Gasteiger partial charge in [0, 0.05) is 17.1 Å². The van der Waals surface area contributed by atoms with E-state index in [0.717, 1.165) is 18.7 Å². The van der Waals surface area contributed by atoms with Gasteiger partial charge in [-0.05, 0) is 13.0 Å². The van der Waals surface area contributed by atoms with E-state index in [2.05, 4.69) is 24.1 Å². The molecule has 0 bridgehead atoms. The number of hydrogen-bond donors (Lipinski definition) is 2. The van der Waals surface area contributed by atoms with Gasteiger partial charge in [0.1, 0.15) is 0 Å². The number of hydrogen-bond acceptors (Lipinski definition) is 3. The van der Waals surface area contributed by atoms with E-state index in [1.807, 2.05) is 5.38 Å². The first kappa shape index (κ1) is 13.5. The Labute approximate surface area is 101 Å². The molecule has 2 N–H and O–H groups in total. The Balaban J connectivity index is 2.44. The van der Waals surface area contributed by atoms with Crippen molar-refractivity contribution in [2.45, 2.75) is 52.0 Å². The highest BCUT2D eigenvalue weighted by Crippen LogP contribution is 2.18. The van der Waals surface area contributed by atoms with Gasteiger partial charge in [-0.15, -0.1) is 0 Å². The summed E-state index contributed by atoms with van der Waals surface area (Å²) in [5, 5.41) is 5.37. The molecule has 1 aromatic rings. The molecule has 0 saturated carbocycles. The predicted octanol–water partition coefficient (Wildman–Crippen LogP) is 3.06. The summed E-state index contributed by atoms with van der Waals surface area (Å²) in [5.74, 6) is 0. The predicted molar refractivity (Wildman–Crippen MR) is 70.1 cm³/mol. The molecule has 1 aromatic heterocycles. The topological polar surface area (TPSA) is 44.9 Å². The van der Waals surface area contributed by atoms with Crippen LogP contribution in [0.25, 0.3) is 0 Å². The van der Waals surface area contributed by atoms with E-state index in [1.54, 1.807) is 0 Å². The number of nitrogens with one attached hydrogen (secondary N) is 2. The van der Waals surface area contributed by atoms with Crippen molar-refractivity contribution in [3.05, 3.63) is 20.7 Å². The zero-order chi connectivity index (χ0) is 11.8. The van der Waals surface area contributed by atoms with Crippen LogP contribution >= 0.6 is 11.3 Å². The Morgan fingerprint density at radius 2 is 2.19 bits per heavy atom. The van der Waals surface area contributed by atoms with Crippen LogP contribution in [0.2, 0.25) is 0 Å². The fourth-order valence-electron chi connectivity index (χ4n) is 1.85. The molecule has 0 aromatic carbocycles. The lowest BCUT2D eigenvalue weighted by atomic mass is 10.1. The quantitative estimate of drug-likeness (QED) is 0.688. The summed E-state index contributed by atoms with van der Waals surface area (Å²) in [5.41, 5.74) is 1.05. The molecule has 0 aliphatic carbocycles. The van der Waals surface area contributed by atoms with E-state index in [4.69, 9.17) is 0 Å². The third kappa shape index (κ3) is 4.49. The molecule has 0 saturated heterocycles. The first-order chi connectivity index (χ1) is 7.77. The van der Waals surface area contributed by atoms with Gasteiger partial charge in [0.15, 0.2) is 0 Å². The summed E-state index contributed by atoms with van der Waals surface area (Å²) in [7, 11) is 0. The number of aromatic amines is 1. The maximum absolute atomic E-state index is 11.1. The van der Waals surface area contributed by atoms with Gasteiger partial charge < -0.3 is 10.3 Å². The van der Waals surface area contributed by atoms with Crippen LogP contribution in [0.15, 0.2) is 10.2 Å². The standard InChI is InChI=1S/C12H22N2OS/c1-3-5-6-7-8-10(13-4-2)11-9-16-12(15)14-11/h9-10,13H,3-8H2,1-2H3,(H,14,15). The molecular formula is C12H22N2OS. The highest BCUT2D eigenvalue weighted by molar-refractivity contribution is 7.07. The van der Waals surface area contributed by atoms with Crippen molar-refractivity contribution in [1.29, 1.82) is 0 Å². The SMILES string of the molecule is CCCCCCC(NCC)c1csc(=O)[nH]1. The lowest BCUT2D eigenvalue weighted by molar-refractivity contribution is 0.474. The van der Waals surface area contributed by atoms with Gasteiger partial charge in [0.25, 0.3) is 0 Å². The second-order valence-corrected chi connectivity index (χ2v) is 4.91. The fourth-order valence-corrected chi connectivity index (χ4v) is 2.49. The average Bonchev–Trinajstić information content (AvgIpc) is 2.69. The third-order valence-corrected chi connectivity index (χ3v) is 3.40. The van der Waals surface area contributed by atoms with Crippen molar-refractivity contribution in [2.75, 3.05) is 6.54 Å². The highest BCUT2D eigenvalue weighted by Gasteiger charge is 2.11. The van der Waals surface area contributed by atoms with Crippen LogP contribution in [0.1, 0.15) is 57.7 Å². The molecule has 3 nitrogen and oxygen atoms in total. The maximum Gasteiger partial charge on any atom is 0.304 e. The summed E-state index contributed by atoms with van der Waals surface area (Å²) in [6.45, 7) is 5.26. The van der Waals surface area contributed by atoms with Crippen LogP contribution < -0.4 is 10.2 Å². The van der Waals surface area contributed by atoms with Gasteiger partial charge in [-0.1, -0.05) is 50.9 Å². The minimum absolute atomic E-state index is 0.0476. The van der Waals surface area contributed by atoms with Gasteiger partial charge >= 0.3 is 4.87 Å². The van der Waals surface area contributed by atoms with Crippen LogP contribution in [0.3, 0.4) is 0 Å². The van der Waals surface area contributed by atoms with Crippen molar-refractivity contribution in [1.82, 2.24) is 10.3 Å². The van der Waals surface area contributed by atoms with Crippen molar-refractivity contribution >= 4 is 11.3 Å². The molecule has 92 valence electrons. The number of unbranched alkanes of at least 4 members (excludes halogenated alkanes) is 3. The van der Waals surface area contributed by atoms with E-state index < -0.39 is 0 Å². The Morgan fingerprint density at radius 3 is 2.75 bits per heavy atom. The molecular weight excluding hydrogens is 220 g/mol. The number of H-pyrrole nitrogens is 1. The summed E-state index contributed by atoms with van der Waals surface area (Å²) >= 11 is 1.25. The first-order valence-corrected chi connectivity index (χ1v) is 7.07. The molecule has 0 aliphatic rings. The second kappa shape index (κ2) is 7.63. The summed E-state index contributed by atoms with van der Waals surface area (Å²) < 4.78 is 0. The average molecular weight is 242 g/mol. The van der Waals surface area contributed by atoms with E-state index in [1.165, 1.54) is 37.0 Å². The largest absolute Gasteiger partial charge is 0.315 e. The Kier molecular flexibility index (Phi) is 6.42. The van der Waals surface area contributed by atoms with Crippen LogP contribution in [0.5, 0.6) is 0 Å². The number of aromatic nitrogens is 1. The van der Waals surface area contributed by atoms with Gasteiger partial charge in [-0.2, -0.15) is 0 Å². The fraction of sp³-hybridized carbons (Fsp3) is 0.750. The van der Waals surface area contributed by atoms with Crippen LogP contribution in [0.4, 0.5) is 0 Å². The van der Waals surface area contributed by atoms with Crippen LogP contribution in [-0.4, -0.2) is 11.5 Å². The van der Waals surface area contributed by atoms with Gasteiger partial charge in [0.05, 0.1) is 0 Å². The molecule has 1 rings (SSSR count). The van der Waals surface area contributed by atoms with Crippen molar-refractivity contribution < 1.29 is 0 Å². The number of thiazole rings is 1. The third-order valence-electron chi connectivity index (χ3n) is 2.71. The second-order valence-electron chi connectivity index (χ2n) is 4.06. The molecule has 0 radical (unpaired) electrons. The van der Waals surface area contributed by atoms with E-state index in [0.29, 0.717) is 6.04 Å². The Morgan fingerprint density at radius 1 is 1.38 bits per heavy atom. The number of rotatable bonds is 8. The van der Waals surface area contributed by atoms with Gasteiger partial charge in [0.2, 0.25) is 0 Å². The van der Waals surface area contributed by atoms with Gasteiger partial charge in [-0.25, -0.2) is 0 Å². The van der Waals surface area contributed by atoms with Crippen LogP contribution in [0, 0.1) is 0 Å². The van der Waals surface area contributed by atoms with Gasteiger partial charge in [-0.3, -0.25) is 4.79 Å². The molecule has 4 heteroatoms. The molecule has 1 heterocycles.